The first-order valence-electron chi connectivity index (χ1n) is 10.1. The number of ether oxygens (including phenoxy) is 1. The van der Waals surface area contributed by atoms with E-state index in [0.29, 0.717) is 11.8 Å². The maximum Gasteiger partial charge on any atom is 0.227 e. The number of nitrogens with zero attached hydrogens (tertiary/aromatic N) is 3. The number of amides is 1. The zero-order valence-electron chi connectivity index (χ0n) is 16.6. The van der Waals surface area contributed by atoms with E-state index in [4.69, 9.17) is 4.74 Å². The van der Waals surface area contributed by atoms with Crippen LogP contribution in [0.3, 0.4) is 0 Å². The Kier molecular flexibility index (Phi) is 5.24. The molecular formula is C22H31N3O2. The van der Waals surface area contributed by atoms with Gasteiger partial charge >= 0.3 is 0 Å². The molecule has 5 heteroatoms. The highest BCUT2D eigenvalue weighted by molar-refractivity contribution is 5.89. The summed E-state index contributed by atoms with van der Waals surface area (Å²) in [5, 5.41) is 1.20. The predicted octanol–water partition coefficient (Wildman–Crippen LogP) is 2.68. The minimum atomic E-state index is 0.275. The van der Waals surface area contributed by atoms with Gasteiger partial charge in [-0.05, 0) is 37.4 Å². The Hall–Kier alpha value is -1.85. The third kappa shape index (κ3) is 3.76. The lowest BCUT2D eigenvalue weighted by Crippen LogP contribution is -2.46. The van der Waals surface area contributed by atoms with Gasteiger partial charge < -0.3 is 19.1 Å². The quantitative estimate of drug-likeness (QED) is 0.813. The second-order valence-electron chi connectivity index (χ2n) is 8.40. The molecule has 1 spiro atoms. The fraction of sp³-hybridized carbons (Fsp3) is 0.591. The second kappa shape index (κ2) is 7.64. The molecule has 2 saturated heterocycles. The van der Waals surface area contributed by atoms with E-state index in [1.54, 1.807) is 7.11 Å². The van der Waals surface area contributed by atoms with E-state index in [-0.39, 0.29) is 5.91 Å². The Morgan fingerprint density at radius 1 is 1.19 bits per heavy atom. The van der Waals surface area contributed by atoms with Crippen LogP contribution >= 0.6 is 0 Å². The summed E-state index contributed by atoms with van der Waals surface area (Å²) in [6, 6.07) is 8.34. The topological polar surface area (TPSA) is 37.7 Å². The molecule has 2 fully saturated rings. The van der Waals surface area contributed by atoms with Crippen molar-refractivity contribution in [1.29, 1.82) is 0 Å². The van der Waals surface area contributed by atoms with Crippen LogP contribution < -0.4 is 0 Å². The average Bonchev–Trinajstić information content (AvgIpc) is 3.22. The summed E-state index contributed by atoms with van der Waals surface area (Å²) in [6.45, 7) is 5.88. The lowest BCUT2D eigenvalue weighted by atomic mass is 9.79. The number of fused-ring (bicyclic) bond motifs is 1. The van der Waals surface area contributed by atoms with Crippen LogP contribution in [0.25, 0.3) is 10.9 Å². The van der Waals surface area contributed by atoms with Gasteiger partial charge in [-0.15, -0.1) is 0 Å². The first kappa shape index (κ1) is 18.5. The minimum absolute atomic E-state index is 0.275. The fourth-order valence-electron chi connectivity index (χ4n) is 5.04. The van der Waals surface area contributed by atoms with Crippen LogP contribution in [-0.4, -0.2) is 66.7 Å². The molecule has 0 aliphatic carbocycles. The number of carbonyl (C=O) groups is 1. The molecule has 0 radical (unpaired) electrons. The van der Waals surface area contributed by atoms with Gasteiger partial charge in [-0.3, -0.25) is 4.79 Å². The van der Waals surface area contributed by atoms with E-state index >= 15 is 0 Å². The SMILES string of the molecule is COCCN1CCC[C@@]2(CCN(C(=O)Cc3cn(C)c4ccccc34)C2)C1. The highest BCUT2D eigenvalue weighted by Gasteiger charge is 2.42. The summed E-state index contributed by atoms with van der Waals surface area (Å²) in [5.41, 5.74) is 2.63. The predicted molar refractivity (Wildman–Crippen MR) is 108 cm³/mol. The standard InChI is InChI=1S/C22H31N3O2/c1-23-15-18(19-6-3-4-7-20(19)23)14-21(26)25-11-9-22(17-25)8-5-10-24(16-22)12-13-27-2/h3-4,6-7,15H,5,8-14,16-17H2,1-2H3/t22-/m1/s1. The number of benzene rings is 1. The van der Waals surface area contributed by atoms with Crippen LogP contribution in [0.2, 0.25) is 0 Å². The van der Waals surface area contributed by atoms with Crippen LogP contribution in [0, 0.1) is 5.41 Å². The molecular weight excluding hydrogens is 338 g/mol. The third-order valence-electron chi connectivity index (χ3n) is 6.46. The average molecular weight is 370 g/mol. The van der Waals surface area contributed by atoms with Gasteiger partial charge in [0.25, 0.3) is 0 Å². The van der Waals surface area contributed by atoms with Crippen LogP contribution in [0.4, 0.5) is 0 Å². The summed E-state index contributed by atoms with van der Waals surface area (Å²) in [5.74, 6) is 0.275. The van der Waals surface area contributed by atoms with Crippen molar-refractivity contribution in [3.8, 4) is 0 Å². The van der Waals surface area contributed by atoms with Crippen LogP contribution in [-0.2, 0) is 23.0 Å². The smallest absolute Gasteiger partial charge is 0.227 e. The Balaban J connectivity index is 1.42. The van der Waals surface area contributed by atoms with Crippen molar-refractivity contribution in [1.82, 2.24) is 14.4 Å². The van der Waals surface area contributed by atoms with Gasteiger partial charge in [-0.2, -0.15) is 0 Å². The van der Waals surface area contributed by atoms with Gasteiger partial charge in [0, 0.05) is 62.9 Å². The molecule has 146 valence electrons. The molecule has 0 bridgehead atoms. The molecule has 3 heterocycles. The molecule has 2 aromatic rings. The Morgan fingerprint density at radius 3 is 2.89 bits per heavy atom. The zero-order valence-corrected chi connectivity index (χ0v) is 16.6. The number of hydrogen-bond acceptors (Lipinski definition) is 3. The van der Waals surface area contributed by atoms with Gasteiger partial charge in [-0.1, -0.05) is 18.2 Å². The van der Waals surface area contributed by atoms with Crippen molar-refractivity contribution in [2.45, 2.75) is 25.7 Å². The lowest BCUT2D eigenvalue weighted by molar-refractivity contribution is -0.130. The number of likely N-dealkylation sites (tertiary alicyclic amines) is 2. The molecule has 5 nitrogen and oxygen atoms in total. The summed E-state index contributed by atoms with van der Waals surface area (Å²) in [4.78, 5) is 17.7. The largest absolute Gasteiger partial charge is 0.383 e. The number of carbonyl (C=O) groups excluding carboxylic acids is 1. The first-order chi connectivity index (χ1) is 13.1. The Labute approximate surface area is 161 Å². The van der Waals surface area contributed by atoms with Crippen molar-refractivity contribution >= 4 is 16.8 Å². The summed E-state index contributed by atoms with van der Waals surface area (Å²) in [6.07, 6.45) is 6.23. The maximum absolute atomic E-state index is 13.0. The normalized spacial score (nSPS) is 23.6. The monoisotopic (exact) mass is 369 g/mol. The number of piperidine rings is 1. The fourth-order valence-corrected chi connectivity index (χ4v) is 5.04. The number of aryl methyl sites for hydroxylation is 1. The molecule has 0 saturated carbocycles. The Bertz CT molecular complexity index is 815. The van der Waals surface area contributed by atoms with E-state index in [2.05, 4.69) is 51.9 Å². The molecule has 0 N–H and O–H groups in total. The van der Waals surface area contributed by atoms with E-state index < -0.39 is 0 Å². The van der Waals surface area contributed by atoms with E-state index in [9.17, 15) is 4.79 Å². The van der Waals surface area contributed by atoms with Gasteiger partial charge in [0.15, 0.2) is 0 Å². The molecule has 4 rings (SSSR count). The van der Waals surface area contributed by atoms with Gasteiger partial charge in [0.1, 0.15) is 0 Å². The van der Waals surface area contributed by atoms with Crippen LogP contribution in [0.5, 0.6) is 0 Å². The molecule has 1 amide bonds. The molecule has 1 atom stereocenters. The number of hydrogen-bond donors (Lipinski definition) is 0. The van der Waals surface area contributed by atoms with Gasteiger partial charge in [0.05, 0.1) is 13.0 Å². The number of aromatic nitrogens is 1. The van der Waals surface area contributed by atoms with Crippen molar-refractivity contribution in [3.63, 3.8) is 0 Å². The number of rotatable bonds is 5. The minimum Gasteiger partial charge on any atom is -0.383 e. The number of methoxy groups -OCH3 is 1. The highest BCUT2D eigenvalue weighted by Crippen LogP contribution is 2.39. The third-order valence-corrected chi connectivity index (χ3v) is 6.46. The number of para-hydroxylation sites is 1. The van der Waals surface area contributed by atoms with E-state index in [0.717, 1.165) is 51.3 Å². The summed E-state index contributed by atoms with van der Waals surface area (Å²) >= 11 is 0. The first-order valence-corrected chi connectivity index (χ1v) is 10.1. The van der Waals surface area contributed by atoms with Crippen molar-refractivity contribution < 1.29 is 9.53 Å². The zero-order chi connectivity index (χ0) is 18.9. The Morgan fingerprint density at radius 2 is 2.04 bits per heavy atom. The van der Waals surface area contributed by atoms with Crippen molar-refractivity contribution in [2.75, 3.05) is 46.4 Å². The van der Waals surface area contributed by atoms with Gasteiger partial charge in [0.2, 0.25) is 5.91 Å². The molecule has 2 aliphatic rings. The molecule has 1 aromatic heterocycles. The molecule has 2 aliphatic heterocycles. The van der Waals surface area contributed by atoms with Crippen LogP contribution in [0.1, 0.15) is 24.8 Å². The van der Waals surface area contributed by atoms with Crippen LogP contribution in [0.15, 0.2) is 30.5 Å². The highest BCUT2D eigenvalue weighted by atomic mass is 16.5. The molecule has 0 unspecified atom stereocenters. The van der Waals surface area contributed by atoms with Crippen molar-refractivity contribution in [3.05, 3.63) is 36.0 Å². The summed E-state index contributed by atoms with van der Waals surface area (Å²) in [7, 11) is 3.82. The van der Waals surface area contributed by atoms with E-state index in [1.165, 1.54) is 23.7 Å². The maximum atomic E-state index is 13.0. The van der Waals surface area contributed by atoms with E-state index in [1.807, 2.05) is 0 Å². The van der Waals surface area contributed by atoms with Gasteiger partial charge in [-0.25, -0.2) is 0 Å². The molecule has 27 heavy (non-hydrogen) atoms. The summed E-state index contributed by atoms with van der Waals surface area (Å²) < 4.78 is 7.37. The van der Waals surface area contributed by atoms with Crippen molar-refractivity contribution in [2.24, 2.45) is 12.5 Å². The second-order valence-corrected chi connectivity index (χ2v) is 8.40. The molecule has 1 aromatic carbocycles. The lowest BCUT2D eigenvalue weighted by Gasteiger charge is -2.40.